The maximum absolute atomic E-state index is 13.8. The normalized spacial score (nSPS) is 19.2. The van der Waals surface area contributed by atoms with E-state index in [1.165, 1.54) is 0 Å². The molecule has 0 aliphatic heterocycles. The molecular weight excluding hydrogens is 378 g/mol. The van der Waals surface area contributed by atoms with Gasteiger partial charge in [-0.2, -0.15) is 9.37 Å². The van der Waals surface area contributed by atoms with Crippen LogP contribution in [0.3, 0.4) is 0 Å². The molecule has 1 heterocycles. The maximum Gasteiger partial charge on any atom is 0.310 e. The average Bonchev–Trinajstić information content (AvgIpc) is 2.65. The molecule has 0 amide bonds. The highest BCUT2D eigenvalue weighted by atomic mass is 19.2. The second-order valence-corrected chi connectivity index (χ2v) is 6.34. The van der Waals surface area contributed by atoms with Gasteiger partial charge in [0.15, 0.2) is 12.3 Å². The van der Waals surface area contributed by atoms with Crippen LogP contribution in [0.2, 0.25) is 0 Å². The molecule has 28 heavy (non-hydrogen) atoms. The van der Waals surface area contributed by atoms with Gasteiger partial charge in [-0.3, -0.25) is 4.79 Å². The van der Waals surface area contributed by atoms with Crippen LogP contribution >= 0.6 is 0 Å². The van der Waals surface area contributed by atoms with E-state index in [1.807, 2.05) is 0 Å². The number of aromatic nitrogens is 2. The summed E-state index contributed by atoms with van der Waals surface area (Å²) in [5.74, 6) is -2.48. The Kier molecular flexibility index (Phi) is 5.64. The predicted molar refractivity (Wildman–Crippen MR) is 95.9 cm³/mol. The van der Waals surface area contributed by atoms with Crippen LogP contribution < -0.4 is 10.9 Å². The summed E-state index contributed by atoms with van der Waals surface area (Å²) in [5, 5.41) is 12.2. The monoisotopic (exact) mass is 395 g/mol. The molecule has 2 N–H and O–H groups in total. The highest BCUT2D eigenvalue weighted by Crippen LogP contribution is 2.27. The van der Waals surface area contributed by atoms with Crippen LogP contribution in [0.15, 0.2) is 52.7 Å². The van der Waals surface area contributed by atoms with Crippen LogP contribution in [-0.4, -0.2) is 27.0 Å². The summed E-state index contributed by atoms with van der Waals surface area (Å²) in [6.07, 6.45) is -1.95. The van der Waals surface area contributed by atoms with Crippen molar-refractivity contribution >= 4 is 11.6 Å². The zero-order chi connectivity index (χ0) is 20.4. The third kappa shape index (κ3) is 3.99. The van der Waals surface area contributed by atoms with Crippen molar-refractivity contribution in [2.45, 2.75) is 32.4 Å². The number of aliphatic hydroxyl groups excluding tert-OH is 1. The smallest absolute Gasteiger partial charge is 0.310 e. The Balaban J connectivity index is 1.98. The van der Waals surface area contributed by atoms with Gasteiger partial charge < -0.3 is 15.0 Å². The second kappa shape index (κ2) is 7.97. The fourth-order valence-electron chi connectivity index (χ4n) is 2.84. The van der Waals surface area contributed by atoms with Crippen molar-refractivity contribution < 1.29 is 22.7 Å². The lowest BCUT2D eigenvalue weighted by atomic mass is 10.0. The fourth-order valence-corrected chi connectivity index (χ4v) is 2.84. The van der Waals surface area contributed by atoms with Gasteiger partial charge in [0.1, 0.15) is 5.83 Å². The Morgan fingerprint density at radius 1 is 1.29 bits per heavy atom. The minimum atomic E-state index is -2.37. The fraction of sp³-hybridized carbons (Fsp3) is 0.263. The summed E-state index contributed by atoms with van der Waals surface area (Å²) in [5.41, 5.74) is 0.775. The molecule has 0 spiro atoms. The highest BCUT2D eigenvalue weighted by molar-refractivity contribution is 5.60. The van der Waals surface area contributed by atoms with Crippen molar-refractivity contribution in [3.63, 3.8) is 0 Å². The summed E-state index contributed by atoms with van der Waals surface area (Å²) in [6, 6.07) is 5.05. The molecule has 9 heteroatoms. The zero-order valence-corrected chi connectivity index (χ0v) is 14.8. The Bertz CT molecular complexity index is 1020. The van der Waals surface area contributed by atoms with Crippen LogP contribution in [0.1, 0.15) is 11.1 Å². The number of benzene rings is 1. The number of hydrogen-bond acceptors (Lipinski definition) is 4. The molecule has 1 aromatic carbocycles. The van der Waals surface area contributed by atoms with Gasteiger partial charge in [-0.1, -0.05) is 12.1 Å². The minimum Gasteiger partial charge on any atom is -0.392 e. The standard InChI is InChI=1S/C19H17F4N3O2/c1-10-12(9-27)3-2-4-16(10)24-19-25-18(28)15(22)8-26(19)7-11-5-13(20)17(23)14(21)6-11/h2-6,8,13,17,27H,7,9H2,1H3,(H,24,25,28). The molecule has 2 aromatic rings. The third-order valence-corrected chi connectivity index (χ3v) is 4.41. The van der Waals surface area contributed by atoms with Gasteiger partial charge in [-0.15, -0.1) is 0 Å². The molecule has 1 aromatic heterocycles. The lowest BCUT2D eigenvalue weighted by Gasteiger charge is -2.19. The van der Waals surface area contributed by atoms with Crippen LogP contribution in [0.4, 0.5) is 29.2 Å². The molecule has 0 saturated heterocycles. The Morgan fingerprint density at radius 2 is 2.04 bits per heavy atom. The van der Waals surface area contributed by atoms with Crippen LogP contribution in [0.5, 0.6) is 0 Å². The number of allylic oxidation sites excluding steroid dienone is 4. The molecule has 5 nitrogen and oxygen atoms in total. The largest absolute Gasteiger partial charge is 0.392 e. The summed E-state index contributed by atoms with van der Waals surface area (Å²) >= 11 is 0. The van der Waals surface area contributed by atoms with E-state index in [2.05, 4.69) is 10.3 Å². The number of hydrogen-bond donors (Lipinski definition) is 2. The highest BCUT2D eigenvalue weighted by Gasteiger charge is 2.27. The molecule has 1 aliphatic rings. The number of rotatable bonds is 5. The van der Waals surface area contributed by atoms with Crippen LogP contribution in [0.25, 0.3) is 0 Å². The number of halogens is 4. The van der Waals surface area contributed by atoms with Gasteiger partial charge in [-0.05, 0) is 41.8 Å². The molecule has 0 fully saturated rings. The number of anilines is 2. The van der Waals surface area contributed by atoms with Crippen molar-refractivity contribution in [3.05, 3.63) is 75.2 Å². The third-order valence-electron chi connectivity index (χ3n) is 4.41. The summed E-state index contributed by atoms with van der Waals surface area (Å²) in [7, 11) is 0. The topological polar surface area (TPSA) is 67.2 Å². The molecule has 148 valence electrons. The molecule has 2 atom stereocenters. The van der Waals surface area contributed by atoms with E-state index >= 15 is 0 Å². The molecule has 0 radical (unpaired) electrons. The lowest BCUT2D eigenvalue weighted by Crippen LogP contribution is -2.23. The summed E-state index contributed by atoms with van der Waals surface area (Å²) in [4.78, 5) is 15.3. The number of nitrogens with zero attached hydrogens (tertiary/aromatic N) is 2. The van der Waals surface area contributed by atoms with E-state index in [0.29, 0.717) is 16.8 Å². The summed E-state index contributed by atoms with van der Waals surface area (Å²) in [6.45, 7) is 1.28. The Labute approximate surface area is 157 Å². The molecule has 1 aliphatic carbocycles. The predicted octanol–water partition coefficient (Wildman–Crippen LogP) is 3.40. The van der Waals surface area contributed by atoms with Crippen LogP contribution in [0, 0.1) is 12.7 Å². The van der Waals surface area contributed by atoms with E-state index in [4.69, 9.17) is 0 Å². The Hall–Kier alpha value is -2.94. The molecule has 0 bridgehead atoms. The molecular formula is C19H17F4N3O2. The second-order valence-electron chi connectivity index (χ2n) is 6.34. The van der Waals surface area contributed by atoms with E-state index in [9.17, 15) is 27.5 Å². The van der Waals surface area contributed by atoms with E-state index < -0.39 is 29.5 Å². The van der Waals surface area contributed by atoms with Gasteiger partial charge in [0, 0.05) is 11.9 Å². The van der Waals surface area contributed by atoms with Gasteiger partial charge in [0.25, 0.3) is 0 Å². The number of nitrogens with one attached hydrogen (secondary N) is 1. The number of aliphatic hydroxyl groups is 1. The first-order valence-corrected chi connectivity index (χ1v) is 8.39. The lowest BCUT2D eigenvalue weighted by molar-refractivity contribution is 0.205. The van der Waals surface area contributed by atoms with Crippen molar-refractivity contribution in [2.75, 3.05) is 5.32 Å². The first-order valence-electron chi connectivity index (χ1n) is 8.39. The van der Waals surface area contributed by atoms with Gasteiger partial charge in [-0.25, -0.2) is 13.2 Å². The van der Waals surface area contributed by atoms with E-state index in [0.717, 1.165) is 22.9 Å². The van der Waals surface area contributed by atoms with Gasteiger partial charge in [0.05, 0.1) is 13.2 Å². The quantitative estimate of drug-likeness (QED) is 0.762. The number of alkyl halides is 2. The SMILES string of the molecule is Cc1c(CO)cccc1Nc1nc(=O)c(F)cn1CC1=CC(F)C(F)C(F)=C1. The average molecular weight is 395 g/mol. The van der Waals surface area contributed by atoms with Gasteiger partial charge in [0.2, 0.25) is 11.8 Å². The maximum atomic E-state index is 13.8. The van der Waals surface area contributed by atoms with Crippen molar-refractivity contribution in [2.24, 2.45) is 0 Å². The van der Waals surface area contributed by atoms with Crippen molar-refractivity contribution in [3.8, 4) is 0 Å². The van der Waals surface area contributed by atoms with Crippen molar-refractivity contribution in [1.29, 1.82) is 0 Å². The zero-order valence-electron chi connectivity index (χ0n) is 14.8. The molecule has 3 rings (SSSR count). The van der Waals surface area contributed by atoms with E-state index in [1.54, 1.807) is 25.1 Å². The molecule has 0 saturated carbocycles. The van der Waals surface area contributed by atoms with Gasteiger partial charge >= 0.3 is 5.56 Å². The molecule has 2 unspecified atom stereocenters. The first kappa shape index (κ1) is 19.8. The minimum absolute atomic E-state index is 0.0626. The Morgan fingerprint density at radius 3 is 2.71 bits per heavy atom. The van der Waals surface area contributed by atoms with Crippen molar-refractivity contribution in [1.82, 2.24) is 9.55 Å². The van der Waals surface area contributed by atoms with E-state index in [-0.39, 0.29) is 24.7 Å². The van der Waals surface area contributed by atoms with Crippen LogP contribution in [-0.2, 0) is 13.2 Å². The summed E-state index contributed by atoms with van der Waals surface area (Å²) < 4.78 is 55.3. The first-order chi connectivity index (χ1) is 13.3.